The molecule has 2 aromatic rings. The van der Waals surface area contributed by atoms with E-state index in [-0.39, 0.29) is 29.2 Å². The molecular formula is C18H18F3N3O5S. The maximum Gasteiger partial charge on any atom is 0.416 e. The van der Waals surface area contributed by atoms with E-state index in [4.69, 9.17) is 4.74 Å². The van der Waals surface area contributed by atoms with Crippen molar-refractivity contribution >= 4 is 21.4 Å². The van der Waals surface area contributed by atoms with Crippen molar-refractivity contribution in [1.29, 1.82) is 0 Å². The fourth-order valence-corrected chi connectivity index (χ4v) is 4.64. The summed E-state index contributed by atoms with van der Waals surface area (Å²) in [7, 11) is -2.30. The van der Waals surface area contributed by atoms with Gasteiger partial charge in [-0.15, -0.1) is 0 Å². The summed E-state index contributed by atoms with van der Waals surface area (Å²) in [5, 5.41) is 14.0. The third kappa shape index (κ3) is 4.19. The first-order valence-corrected chi connectivity index (χ1v) is 10.1. The van der Waals surface area contributed by atoms with Gasteiger partial charge in [0.05, 0.1) is 28.5 Å². The molecule has 3 rings (SSSR count). The van der Waals surface area contributed by atoms with Gasteiger partial charge in [-0.1, -0.05) is 0 Å². The van der Waals surface area contributed by atoms with Crippen molar-refractivity contribution in [2.24, 2.45) is 0 Å². The number of ether oxygens (including phenoxy) is 1. The van der Waals surface area contributed by atoms with Gasteiger partial charge in [0.15, 0.2) is 0 Å². The van der Waals surface area contributed by atoms with E-state index in [1.807, 2.05) is 0 Å². The Bertz CT molecular complexity index is 1070. The molecule has 1 heterocycles. The molecule has 162 valence electrons. The van der Waals surface area contributed by atoms with Gasteiger partial charge in [0.1, 0.15) is 11.4 Å². The number of hydrogen-bond acceptors (Lipinski definition) is 6. The largest absolute Gasteiger partial charge is 0.497 e. The molecule has 0 radical (unpaired) electrons. The van der Waals surface area contributed by atoms with Gasteiger partial charge in [-0.3, -0.25) is 10.1 Å². The molecule has 0 aliphatic carbocycles. The van der Waals surface area contributed by atoms with Gasteiger partial charge in [0.2, 0.25) is 10.0 Å². The van der Waals surface area contributed by atoms with Crippen molar-refractivity contribution in [3.8, 4) is 5.75 Å². The van der Waals surface area contributed by atoms with Crippen LogP contribution in [-0.4, -0.2) is 43.9 Å². The summed E-state index contributed by atoms with van der Waals surface area (Å²) < 4.78 is 70.5. The highest BCUT2D eigenvalue weighted by Crippen LogP contribution is 2.38. The monoisotopic (exact) mass is 445 g/mol. The number of nitrogens with zero attached hydrogens (tertiary/aromatic N) is 2. The second-order valence-electron chi connectivity index (χ2n) is 6.78. The van der Waals surface area contributed by atoms with E-state index in [0.717, 1.165) is 6.07 Å². The van der Waals surface area contributed by atoms with Crippen molar-refractivity contribution in [1.82, 2.24) is 4.31 Å². The van der Waals surface area contributed by atoms with Crippen molar-refractivity contribution < 1.29 is 31.2 Å². The summed E-state index contributed by atoms with van der Waals surface area (Å²) in [6.45, 7) is 1.25. The summed E-state index contributed by atoms with van der Waals surface area (Å²) in [6.07, 6.45) is -4.72. The van der Waals surface area contributed by atoms with Gasteiger partial charge in [-0.05, 0) is 42.8 Å². The van der Waals surface area contributed by atoms with Crippen LogP contribution in [0.3, 0.4) is 0 Å². The number of aryl methyl sites for hydroxylation is 1. The molecule has 0 atom stereocenters. The van der Waals surface area contributed by atoms with Crippen LogP contribution in [0.5, 0.6) is 5.75 Å². The highest BCUT2D eigenvalue weighted by atomic mass is 32.2. The first kappa shape index (κ1) is 21.8. The Morgan fingerprint density at radius 1 is 1.20 bits per heavy atom. The number of benzene rings is 2. The average molecular weight is 445 g/mol. The SMILES string of the molecule is COc1ccc(S(=O)(=O)N2CC(Nc3cc(C)c(C(F)(F)F)cc3[N+](=O)[O-])C2)cc1. The minimum atomic E-state index is -4.72. The normalized spacial score (nSPS) is 15.5. The Balaban J connectivity index is 1.75. The molecule has 30 heavy (non-hydrogen) atoms. The fraction of sp³-hybridized carbons (Fsp3) is 0.333. The number of sulfonamides is 1. The van der Waals surface area contributed by atoms with Gasteiger partial charge in [-0.2, -0.15) is 17.5 Å². The smallest absolute Gasteiger partial charge is 0.416 e. The third-order valence-electron chi connectivity index (χ3n) is 4.75. The molecule has 0 bridgehead atoms. The minimum Gasteiger partial charge on any atom is -0.497 e. The molecule has 0 saturated carbocycles. The van der Waals surface area contributed by atoms with Gasteiger partial charge in [-0.25, -0.2) is 8.42 Å². The Morgan fingerprint density at radius 2 is 1.80 bits per heavy atom. The summed E-state index contributed by atoms with van der Waals surface area (Å²) in [4.78, 5) is 10.4. The lowest BCUT2D eigenvalue weighted by atomic mass is 10.0. The van der Waals surface area contributed by atoms with E-state index in [0.29, 0.717) is 11.8 Å². The van der Waals surface area contributed by atoms with E-state index in [1.54, 1.807) is 0 Å². The second-order valence-corrected chi connectivity index (χ2v) is 8.72. The topological polar surface area (TPSA) is 102 Å². The van der Waals surface area contributed by atoms with Crippen LogP contribution in [0.1, 0.15) is 11.1 Å². The molecular weight excluding hydrogens is 427 g/mol. The summed E-state index contributed by atoms with van der Waals surface area (Å²) in [5.41, 5.74) is -2.06. The lowest BCUT2D eigenvalue weighted by molar-refractivity contribution is -0.384. The molecule has 1 fully saturated rings. The number of alkyl halides is 3. The van der Waals surface area contributed by atoms with E-state index >= 15 is 0 Å². The van der Waals surface area contributed by atoms with Crippen LogP contribution in [0.2, 0.25) is 0 Å². The number of halogens is 3. The molecule has 2 aromatic carbocycles. The number of rotatable bonds is 6. The van der Waals surface area contributed by atoms with Gasteiger partial charge < -0.3 is 10.1 Å². The maximum absolute atomic E-state index is 13.0. The lowest BCUT2D eigenvalue weighted by Crippen LogP contribution is -2.56. The maximum atomic E-state index is 13.0. The molecule has 1 N–H and O–H groups in total. The van der Waals surface area contributed by atoms with Crippen molar-refractivity contribution in [3.63, 3.8) is 0 Å². The number of nitro benzene ring substituents is 1. The van der Waals surface area contributed by atoms with Gasteiger partial charge >= 0.3 is 6.18 Å². The molecule has 1 aliphatic heterocycles. The van der Waals surface area contributed by atoms with Crippen LogP contribution in [0.4, 0.5) is 24.5 Å². The van der Waals surface area contributed by atoms with E-state index in [9.17, 15) is 31.7 Å². The predicted octanol–water partition coefficient (Wildman–Crippen LogP) is 3.42. The number of nitrogens with one attached hydrogen (secondary N) is 1. The van der Waals surface area contributed by atoms with Crippen molar-refractivity contribution in [2.75, 3.05) is 25.5 Å². The molecule has 8 nitrogen and oxygen atoms in total. The zero-order valence-corrected chi connectivity index (χ0v) is 16.7. The highest BCUT2D eigenvalue weighted by Gasteiger charge is 2.39. The first-order valence-electron chi connectivity index (χ1n) is 8.70. The average Bonchev–Trinajstić information content (AvgIpc) is 2.62. The van der Waals surface area contributed by atoms with Gasteiger partial charge in [0.25, 0.3) is 5.69 Å². The summed E-state index contributed by atoms with van der Waals surface area (Å²) >= 11 is 0. The lowest BCUT2D eigenvalue weighted by Gasteiger charge is -2.38. The number of anilines is 1. The number of methoxy groups -OCH3 is 1. The van der Waals surface area contributed by atoms with Crippen LogP contribution in [-0.2, 0) is 16.2 Å². The summed E-state index contributed by atoms with van der Waals surface area (Å²) in [5.74, 6) is 0.502. The fourth-order valence-electron chi connectivity index (χ4n) is 3.11. The Morgan fingerprint density at radius 3 is 2.30 bits per heavy atom. The second kappa shape index (κ2) is 7.76. The Hall–Kier alpha value is -2.86. The molecule has 0 spiro atoms. The van der Waals surface area contributed by atoms with Crippen LogP contribution in [0, 0.1) is 17.0 Å². The predicted molar refractivity (Wildman–Crippen MR) is 102 cm³/mol. The molecule has 1 saturated heterocycles. The third-order valence-corrected chi connectivity index (χ3v) is 6.60. The standard InChI is InChI=1S/C18H18F3N3O5S/c1-11-7-16(17(24(25)26)8-15(11)18(19,20)21)22-12-9-23(10-12)30(27,28)14-5-3-13(29-2)4-6-14/h3-8,12,22H,9-10H2,1-2H3. The molecule has 12 heteroatoms. The van der Waals surface area contributed by atoms with E-state index in [2.05, 4.69) is 5.32 Å². The van der Waals surface area contributed by atoms with E-state index < -0.39 is 38.4 Å². The zero-order chi connectivity index (χ0) is 22.3. The van der Waals surface area contributed by atoms with Crippen LogP contribution in [0.15, 0.2) is 41.3 Å². The highest BCUT2D eigenvalue weighted by molar-refractivity contribution is 7.89. The van der Waals surface area contributed by atoms with E-state index in [1.165, 1.54) is 42.6 Å². The molecule has 0 amide bonds. The molecule has 0 aromatic heterocycles. The first-order chi connectivity index (χ1) is 13.9. The Labute approximate surface area is 170 Å². The van der Waals surface area contributed by atoms with Crippen molar-refractivity contribution in [3.05, 3.63) is 57.6 Å². The molecule has 1 aliphatic rings. The molecule has 0 unspecified atom stereocenters. The number of hydrogen-bond donors (Lipinski definition) is 1. The quantitative estimate of drug-likeness (QED) is 0.540. The van der Waals surface area contributed by atoms with Crippen molar-refractivity contribution in [2.45, 2.75) is 24.0 Å². The zero-order valence-electron chi connectivity index (χ0n) is 15.9. The van der Waals surface area contributed by atoms with Crippen LogP contribution < -0.4 is 10.1 Å². The Kier molecular flexibility index (Phi) is 5.65. The van der Waals surface area contributed by atoms with Gasteiger partial charge in [0, 0.05) is 19.2 Å². The van der Waals surface area contributed by atoms with Crippen LogP contribution >= 0.6 is 0 Å². The number of nitro groups is 1. The van der Waals surface area contributed by atoms with Crippen LogP contribution in [0.25, 0.3) is 0 Å². The minimum absolute atomic E-state index is 0.0194. The summed E-state index contributed by atoms with van der Waals surface area (Å²) in [6, 6.07) is 6.89.